The number of anilines is 1. The third-order valence-corrected chi connectivity index (χ3v) is 3.46. The van der Waals surface area contributed by atoms with Crippen LogP contribution in [0.25, 0.3) is 0 Å². The van der Waals surface area contributed by atoms with Crippen molar-refractivity contribution in [1.82, 2.24) is 0 Å². The number of nitrogens with one attached hydrogen (secondary N) is 1. The molecule has 1 N–H and O–H groups in total. The van der Waals surface area contributed by atoms with Crippen molar-refractivity contribution in [2.75, 3.05) is 5.32 Å². The van der Waals surface area contributed by atoms with Crippen LogP contribution < -0.4 is 5.32 Å². The van der Waals surface area contributed by atoms with Crippen molar-refractivity contribution in [2.45, 2.75) is 33.6 Å². The Hall–Kier alpha value is -2.09. The molecular formula is C19H23NO. The first kappa shape index (κ1) is 15.3. The first-order chi connectivity index (χ1) is 10.0. The maximum absolute atomic E-state index is 12.0. The minimum absolute atomic E-state index is 0.0816. The van der Waals surface area contributed by atoms with Gasteiger partial charge < -0.3 is 5.32 Å². The normalized spacial score (nSPS) is 12.0. The highest BCUT2D eigenvalue weighted by molar-refractivity contribution is 5.90. The molecule has 2 heteroatoms. The second-order valence-corrected chi connectivity index (χ2v) is 5.92. The van der Waals surface area contributed by atoms with Gasteiger partial charge in [-0.2, -0.15) is 0 Å². The fourth-order valence-corrected chi connectivity index (χ4v) is 2.71. The molecule has 0 radical (unpaired) electrons. The van der Waals surface area contributed by atoms with Crippen molar-refractivity contribution >= 4 is 11.6 Å². The van der Waals surface area contributed by atoms with Gasteiger partial charge in [-0.15, -0.1) is 0 Å². The molecular weight excluding hydrogens is 258 g/mol. The molecule has 2 aromatic rings. The van der Waals surface area contributed by atoms with E-state index in [2.05, 4.69) is 44.3 Å². The number of benzene rings is 2. The van der Waals surface area contributed by atoms with Crippen molar-refractivity contribution in [2.24, 2.45) is 5.92 Å². The van der Waals surface area contributed by atoms with Crippen LogP contribution in [0, 0.1) is 19.8 Å². The van der Waals surface area contributed by atoms with Crippen LogP contribution in [0.4, 0.5) is 5.69 Å². The summed E-state index contributed by atoms with van der Waals surface area (Å²) in [5.41, 5.74) is 4.74. The van der Waals surface area contributed by atoms with Crippen LogP contribution in [-0.4, -0.2) is 5.91 Å². The average Bonchev–Trinajstić information content (AvgIpc) is 2.37. The molecule has 110 valence electrons. The predicted molar refractivity (Wildman–Crippen MR) is 88.5 cm³/mol. The van der Waals surface area contributed by atoms with E-state index in [1.165, 1.54) is 16.7 Å². The molecule has 1 atom stereocenters. The summed E-state index contributed by atoms with van der Waals surface area (Å²) in [5.74, 6) is 0.410. The Bertz CT molecular complexity index is 584. The maximum Gasteiger partial charge on any atom is 0.224 e. The van der Waals surface area contributed by atoms with Gasteiger partial charge in [0.25, 0.3) is 0 Å². The molecule has 0 aliphatic carbocycles. The van der Waals surface area contributed by atoms with E-state index in [4.69, 9.17) is 0 Å². The highest BCUT2D eigenvalue weighted by Crippen LogP contribution is 2.16. The van der Waals surface area contributed by atoms with Crippen LogP contribution in [0.5, 0.6) is 0 Å². The van der Waals surface area contributed by atoms with Crippen LogP contribution in [0.1, 0.15) is 30.0 Å². The van der Waals surface area contributed by atoms with E-state index in [1.807, 2.05) is 30.3 Å². The zero-order valence-electron chi connectivity index (χ0n) is 13.0. The largest absolute Gasteiger partial charge is 0.326 e. The Kier molecular flexibility index (Phi) is 5.15. The lowest BCUT2D eigenvalue weighted by Gasteiger charge is -2.13. The summed E-state index contributed by atoms with van der Waals surface area (Å²) in [5, 5.41) is 2.94. The number of para-hydroxylation sites is 1. The SMILES string of the molecule is Cc1cc(C)cc(C[C@H](C)CC(=O)Nc2ccccc2)c1. The molecule has 0 bridgehead atoms. The molecule has 0 heterocycles. The third kappa shape index (κ3) is 5.07. The molecule has 2 rings (SSSR count). The van der Waals surface area contributed by atoms with E-state index in [-0.39, 0.29) is 5.91 Å². The van der Waals surface area contributed by atoms with Gasteiger partial charge in [-0.1, -0.05) is 54.4 Å². The van der Waals surface area contributed by atoms with Gasteiger partial charge in [0.05, 0.1) is 0 Å². The molecule has 0 saturated heterocycles. The van der Waals surface area contributed by atoms with Gasteiger partial charge in [0.15, 0.2) is 0 Å². The maximum atomic E-state index is 12.0. The molecule has 0 aromatic heterocycles. The fraction of sp³-hybridized carbons (Fsp3) is 0.316. The highest BCUT2D eigenvalue weighted by atomic mass is 16.1. The van der Waals surface area contributed by atoms with E-state index in [9.17, 15) is 4.79 Å². The Morgan fingerprint density at radius 1 is 1.05 bits per heavy atom. The topological polar surface area (TPSA) is 29.1 Å². The summed E-state index contributed by atoms with van der Waals surface area (Å²) in [4.78, 5) is 12.0. The van der Waals surface area contributed by atoms with Crippen LogP contribution in [-0.2, 0) is 11.2 Å². The van der Waals surface area contributed by atoms with Gasteiger partial charge >= 0.3 is 0 Å². The summed E-state index contributed by atoms with van der Waals surface area (Å²) in [6.07, 6.45) is 1.48. The second kappa shape index (κ2) is 7.07. The van der Waals surface area contributed by atoms with Crippen LogP contribution in [0.3, 0.4) is 0 Å². The minimum Gasteiger partial charge on any atom is -0.326 e. The number of hydrogen-bond donors (Lipinski definition) is 1. The van der Waals surface area contributed by atoms with Gasteiger partial charge in [-0.05, 0) is 43.9 Å². The highest BCUT2D eigenvalue weighted by Gasteiger charge is 2.10. The molecule has 1 amide bonds. The van der Waals surface area contributed by atoms with Crippen molar-refractivity contribution in [3.05, 3.63) is 65.2 Å². The van der Waals surface area contributed by atoms with E-state index in [0.29, 0.717) is 12.3 Å². The Morgan fingerprint density at radius 3 is 2.29 bits per heavy atom. The number of amides is 1. The van der Waals surface area contributed by atoms with Gasteiger partial charge in [0.2, 0.25) is 5.91 Å². The summed E-state index contributed by atoms with van der Waals surface area (Å²) in [6.45, 7) is 6.36. The second-order valence-electron chi connectivity index (χ2n) is 5.92. The number of rotatable bonds is 5. The van der Waals surface area contributed by atoms with Gasteiger partial charge in [0, 0.05) is 12.1 Å². The summed E-state index contributed by atoms with van der Waals surface area (Å²) in [6, 6.07) is 16.2. The first-order valence-electron chi connectivity index (χ1n) is 7.45. The molecule has 0 aliphatic rings. The van der Waals surface area contributed by atoms with Gasteiger partial charge in [-0.25, -0.2) is 0 Å². The first-order valence-corrected chi connectivity index (χ1v) is 7.45. The molecule has 0 fully saturated rings. The molecule has 0 aliphatic heterocycles. The fourth-order valence-electron chi connectivity index (χ4n) is 2.71. The molecule has 21 heavy (non-hydrogen) atoms. The molecule has 2 aromatic carbocycles. The number of carbonyl (C=O) groups excluding carboxylic acids is 1. The van der Waals surface area contributed by atoms with E-state index in [1.54, 1.807) is 0 Å². The lowest BCUT2D eigenvalue weighted by molar-refractivity contribution is -0.116. The van der Waals surface area contributed by atoms with Gasteiger partial charge in [-0.3, -0.25) is 4.79 Å². The van der Waals surface area contributed by atoms with Crippen LogP contribution in [0.15, 0.2) is 48.5 Å². The van der Waals surface area contributed by atoms with Crippen LogP contribution in [0.2, 0.25) is 0 Å². The standard InChI is InChI=1S/C19H23NO/c1-14-9-15(2)11-17(10-14)12-16(3)13-19(21)20-18-7-5-4-6-8-18/h4-11,16H,12-13H2,1-3H3,(H,20,21)/t16-/m0/s1. The zero-order valence-corrected chi connectivity index (χ0v) is 13.0. The van der Waals surface area contributed by atoms with Crippen LogP contribution >= 0.6 is 0 Å². The van der Waals surface area contributed by atoms with Crippen molar-refractivity contribution in [1.29, 1.82) is 0 Å². The summed E-state index contributed by atoms with van der Waals surface area (Å²) < 4.78 is 0. The third-order valence-electron chi connectivity index (χ3n) is 3.46. The van der Waals surface area contributed by atoms with E-state index in [0.717, 1.165) is 12.1 Å². The molecule has 0 unspecified atom stereocenters. The lowest BCUT2D eigenvalue weighted by Crippen LogP contribution is -2.16. The number of aryl methyl sites for hydroxylation is 2. The lowest BCUT2D eigenvalue weighted by atomic mass is 9.95. The van der Waals surface area contributed by atoms with Crippen molar-refractivity contribution in [3.63, 3.8) is 0 Å². The smallest absolute Gasteiger partial charge is 0.224 e. The number of carbonyl (C=O) groups is 1. The molecule has 0 spiro atoms. The number of hydrogen-bond acceptors (Lipinski definition) is 1. The Morgan fingerprint density at radius 2 is 1.67 bits per heavy atom. The predicted octanol–water partition coefficient (Wildman–Crippen LogP) is 4.51. The van der Waals surface area contributed by atoms with E-state index < -0.39 is 0 Å². The van der Waals surface area contributed by atoms with Crippen molar-refractivity contribution < 1.29 is 4.79 Å². The summed E-state index contributed by atoms with van der Waals surface area (Å²) >= 11 is 0. The Balaban J connectivity index is 1.89. The van der Waals surface area contributed by atoms with Gasteiger partial charge in [0.1, 0.15) is 0 Å². The zero-order chi connectivity index (χ0) is 15.2. The quantitative estimate of drug-likeness (QED) is 0.858. The summed E-state index contributed by atoms with van der Waals surface area (Å²) in [7, 11) is 0. The van der Waals surface area contributed by atoms with Crippen molar-refractivity contribution in [3.8, 4) is 0 Å². The molecule has 0 saturated carbocycles. The molecule has 2 nitrogen and oxygen atoms in total. The monoisotopic (exact) mass is 281 g/mol. The van der Waals surface area contributed by atoms with E-state index >= 15 is 0 Å². The Labute approximate surface area is 127 Å². The average molecular weight is 281 g/mol. The minimum atomic E-state index is 0.0816.